The molecule has 0 aliphatic carbocycles. The van der Waals surface area contributed by atoms with Crippen molar-refractivity contribution in [3.05, 3.63) is 0 Å². The summed E-state index contributed by atoms with van der Waals surface area (Å²) in [7, 11) is 0. The molecule has 0 spiro atoms. The van der Waals surface area contributed by atoms with Crippen LogP contribution in [0.3, 0.4) is 0 Å². The van der Waals surface area contributed by atoms with Gasteiger partial charge in [-0.25, -0.2) is 0 Å². The van der Waals surface area contributed by atoms with Crippen molar-refractivity contribution in [1.29, 1.82) is 0 Å². The van der Waals surface area contributed by atoms with Gasteiger partial charge in [0, 0.05) is 6.42 Å². The van der Waals surface area contributed by atoms with Gasteiger partial charge in [-0.3, -0.25) is 9.59 Å². The second kappa shape index (κ2) is 45.0. The summed E-state index contributed by atoms with van der Waals surface area (Å²) >= 11 is 0. The van der Waals surface area contributed by atoms with Crippen molar-refractivity contribution in [2.24, 2.45) is 0 Å². The second-order valence-corrected chi connectivity index (χ2v) is 17.6. The molecule has 6 heteroatoms. The Labute approximate surface area is 349 Å². The second-order valence-electron chi connectivity index (χ2n) is 17.6. The number of nitrogens with one attached hydrogen (secondary N) is 1. The molecule has 0 aromatic heterocycles. The molecule has 0 saturated carbocycles. The number of rotatable bonds is 46. The van der Waals surface area contributed by atoms with E-state index in [0.717, 1.165) is 44.9 Å². The summed E-state index contributed by atoms with van der Waals surface area (Å²) in [6.07, 6.45) is 47.3. The smallest absolute Gasteiger partial charge is 0.306 e. The largest absolute Gasteiger partial charge is 0.462 e. The zero-order valence-electron chi connectivity index (χ0n) is 38.0. The highest BCUT2D eigenvalue weighted by Crippen LogP contribution is 2.19. The van der Waals surface area contributed by atoms with Crippen LogP contribution in [0.1, 0.15) is 284 Å². The summed E-state index contributed by atoms with van der Waals surface area (Å²) < 4.78 is 5.92. The zero-order chi connectivity index (χ0) is 41.0. The maximum Gasteiger partial charge on any atom is 0.306 e. The number of aliphatic hydroxyl groups is 2. The van der Waals surface area contributed by atoms with E-state index in [9.17, 15) is 19.8 Å². The SMILES string of the molecule is CCCCCCCCCCCCCCCCCC(O)C(CO)NC(=O)CC(CCCCCCCCCCCCC)OC(=O)CCCCCCCCCCCCC. The maximum absolute atomic E-state index is 13.2. The van der Waals surface area contributed by atoms with Gasteiger partial charge in [0.25, 0.3) is 0 Å². The molecule has 0 heterocycles. The average Bonchev–Trinajstić information content (AvgIpc) is 3.19. The molecule has 0 aliphatic heterocycles. The zero-order valence-corrected chi connectivity index (χ0v) is 38.0. The van der Waals surface area contributed by atoms with Crippen molar-refractivity contribution in [2.45, 2.75) is 302 Å². The van der Waals surface area contributed by atoms with Gasteiger partial charge in [-0.1, -0.05) is 245 Å². The van der Waals surface area contributed by atoms with Crippen molar-refractivity contribution < 1.29 is 24.5 Å². The quantitative estimate of drug-likeness (QED) is 0.0421. The third-order valence-corrected chi connectivity index (χ3v) is 11.9. The lowest BCUT2D eigenvalue weighted by Crippen LogP contribution is -2.46. The van der Waals surface area contributed by atoms with Gasteiger partial charge in [0.2, 0.25) is 5.91 Å². The first-order chi connectivity index (χ1) is 27.5. The first kappa shape index (κ1) is 54.9. The van der Waals surface area contributed by atoms with E-state index in [0.29, 0.717) is 19.3 Å². The number of hydrogen-bond acceptors (Lipinski definition) is 5. The van der Waals surface area contributed by atoms with Crippen LogP contribution in [-0.4, -0.2) is 46.9 Å². The number of esters is 1. The Balaban J connectivity index is 4.46. The summed E-state index contributed by atoms with van der Waals surface area (Å²) in [5.74, 6) is -0.455. The van der Waals surface area contributed by atoms with Gasteiger partial charge in [0.15, 0.2) is 0 Å². The van der Waals surface area contributed by atoms with Crippen molar-refractivity contribution >= 4 is 11.9 Å². The monoisotopic (exact) mass is 794 g/mol. The molecule has 0 saturated heterocycles. The first-order valence-electron chi connectivity index (χ1n) is 25.3. The molecule has 0 rings (SSSR count). The molecule has 0 aromatic carbocycles. The van der Waals surface area contributed by atoms with Crippen LogP contribution in [0.4, 0.5) is 0 Å². The number of carbonyl (C=O) groups excluding carboxylic acids is 2. The fourth-order valence-electron chi connectivity index (χ4n) is 8.08. The van der Waals surface area contributed by atoms with E-state index in [1.807, 2.05) is 0 Å². The Morgan fingerprint density at radius 1 is 0.446 bits per heavy atom. The highest BCUT2D eigenvalue weighted by atomic mass is 16.5. The molecule has 334 valence electrons. The van der Waals surface area contributed by atoms with E-state index in [-0.39, 0.29) is 24.9 Å². The molecule has 3 atom stereocenters. The summed E-state index contributed by atoms with van der Waals surface area (Å²) in [4.78, 5) is 26.0. The third kappa shape index (κ3) is 39.7. The predicted octanol–water partition coefficient (Wildman–Crippen LogP) is 14.8. The highest BCUT2D eigenvalue weighted by molar-refractivity contribution is 5.77. The number of amides is 1. The number of carbonyl (C=O) groups is 2. The Morgan fingerprint density at radius 3 is 1.09 bits per heavy atom. The van der Waals surface area contributed by atoms with Crippen molar-refractivity contribution in [1.82, 2.24) is 5.32 Å². The van der Waals surface area contributed by atoms with E-state index in [4.69, 9.17) is 4.74 Å². The van der Waals surface area contributed by atoms with Crippen molar-refractivity contribution in [3.63, 3.8) is 0 Å². The molecule has 56 heavy (non-hydrogen) atoms. The number of unbranched alkanes of at least 4 members (excludes halogenated alkanes) is 34. The molecule has 0 radical (unpaired) electrons. The van der Waals surface area contributed by atoms with Gasteiger partial charge in [-0.05, 0) is 25.7 Å². The van der Waals surface area contributed by atoms with Crippen molar-refractivity contribution in [3.8, 4) is 0 Å². The lowest BCUT2D eigenvalue weighted by Gasteiger charge is -2.24. The highest BCUT2D eigenvalue weighted by Gasteiger charge is 2.24. The van der Waals surface area contributed by atoms with Gasteiger partial charge in [-0.2, -0.15) is 0 Å². The molecule has 1 amide bonds. The molecule has 6 nitrogen and oxygen atoms in total. The van der Waals surface area contributed by atoms with Crippen LogP contribution in [0.15, 0.2) is 0 Å². The van der Waals surface area contributed by atoms with Crippen LogP contribution in [0.2, 0.25) is 0 Å². The minimum absolute atomic E-state index is 0.0872. The Bertz CT molecular complexity index is 806. The predicted molar refractivity (Wildman–Crippen MR) is 241 cm³/mol. The van der Waals surface area contributed by atoms with E-state index >= 15 is 0 Å². The van der Waals surface area contributed by atoms with Gasteiger partial charge in [0.1, 0.15) is 6.10 Å². The van der Waals surface area contributed by atoms with Crippen LogP contribution in [0.25, 0.3) is 0 Å². The average molecular weight is 794 g/mol. The maximum atomic E-state index is 13.2. The van der Waals surface area contributed by atoms with Crippen LogP contribution in [0, 0.1) is 0 Å². The topological polar surface area (TPSA) is 95.9 Å². The molecular weight excluding hydrogens is 695 g/mol. The molecule has 0 bridgehead atoms. The molecule has 0 aromatic rings. The molecule has 0 fully saturated rings. The van der Waals surface area contributed by atoms with Gasteiger partial charge < -0.3 is 20.3 Å². The van der Waals surface area contributed by atoms with Crippen molar-refractivity contribution in [2.75, 3.05) is 6.61 Å². The molecule has 0 aliphatic rings. The fraction of sp³-hybridized carbons (Fsp3) is 0.960. The van der Waals surface area contributed by atoms with Gasteiger partial charge >= 0.3 is 5.97 Å². The van der Waals surface area contributed by atoms with E-state index in [1.165, 1.54) is 193 Å². The van der Waals surface area contributed by atoms with Gasteiger partial charge in [0.05, 0.1) is 25.2 Å². The standard InChI is InChI=1S/C50H99NO5/c1-4-7-10-13-16-19-22-23-24-25-28-30-33-36-39-42-48(53)47(45-52)51-49(54)44-46(41-38-35-32-29-26-20-17-14-11-8-5-2)56-50(55)43-40-37-34-31-27-21-18-15-12-9-6-3/h46-48,52-53H,4-45H2,1-3H3,(H,51,54). The minimum atomic E-state index is -0.778. The van der Waals surface area contributed by atoms with E-state index in [2.05, 4.69) is 26.1 Å². The summed E-state index contributed by atoms with van der Waals surface area (Å²) in [5.41, 5.74) is 0. The molecule has 3 unspecified atom stereocenters. The summed E-state index contributed by atoms with van der Waals surface area (Å²) in [6, 6.07) is -0.691. The van der Waals surface area contributed by atoms with Gasteiger partial charge in [-0.15, -0.1) is 0 Å². The number of aliphatic hydroxyl groups excluding tert-OH is 2. The molecular formula is C50H99NO5. The Kier molecular flexibility index (Phi) is 44.0. The summed E-state index contributed by atoms with van der Waals surface area (Å²) in [5, 5.41) is 23.7. The number of hydrogen-bond donors (Lipinski definition) is 3. The van der Waals surface area contributed by atoms with Crippen LogP contribution < -0.4 is 5.32 Å². The lowest BCUT2D eigenvalue weighted by atomic mass is 10.0. The first-order valence-corrected chi connectivity index (χ1v) is 25.3. The van der Waals surface area contributed by atoms with E-state index < -0.39 is 18.2 Å². The Morgan fingerprint density at radius 2 is 0.750 bits per heavy atom. The van der Waals surface area contributed by atoms with Crippen LogP contribution in [0.5, 0.6) is 0 Å². The fourth-order valence-corrected chi connectivity index (χ4v) is 8.08. The van der Waals surface area contributed by atoms with Crippen LogP contribution >= 0.6 is 0 Å². The summed E-state index contributed by atoms with van der Waals surface area (Å²) in [6.45, 7) is 6.50. The van der Waals surface area contributed by atoms with Crippen LogP contribution in [-0.2, 0) is 14.3 Å². The minimum Gasteiger partial charge on any atom is -0.462 e. The van der Waals surface area contributed by atoms with E-state index in [1.54, 1.807) is 0 Å². The number of ether oxygens (including phenoxy) is 1. The third-order valence-electron chi connectivity index (χ3n) is 11.9. The lowest BCUT2D eigenvalue weighted by molar-refractivity contribution is -0.151. The Hall–Kier alpha value is -1.14. The molecule has 3 N–H and O–H groups in total. The normalized spacial score (nSPS) is 13.2.